The lowest BCUT2D eigenvalue weighted by Crippen LogP contribution is -2.37. The van der Waals surface area contributed by atoms with Gasteiger partial charge in [-0.15, -0.1) is 0 Å². The standard InChI is InChI=1S/C14H24N4S/c1-3-18-7-5-6-13(18)11-15-8-12-9-16-14(17-10-12)19-4-2/h9-10,13,15H,3-8,11H2,1-2H3. The first-order valence-corrected chi connectivity index (χ1v) is 8.20. The fourth-order valence-electron chi connectivity index (χ4n) is 2.56. The smallest absolute Gasteiger partial charge is 0.187 e. The molecule has 1 aromatic rings. The van der Waals surface area contributed by atoms with Crippen LogP contribution in [0.2, 0.25) is 0 Å². The predicted octanol–water partition coefficient (Wildman–Crippen LogP) is 2.16. The van der Waals surface area contributed by atoms with Crippen LogP contribution in [0.15, 0.2) is 17.6 Å². The van der Waals surface area contributed by atoms with Gasteiger partial charge in [0.15, 0.2) is 5.16 Å². The molecule has 4 nitrogen and oxygen atoms in total. The van der Waals surface area contributed by atoms with Crippen LogP contribution >= 0.6 is 11.8 Å². The third-order valence-corrected chi connectivity index (χ3v) is 4.33. The Balaban J connectivity index is 1.73. The highest BCUT2D eigenvalue weighted by atomic mass is 32.2. The molecule has 0 bridgehead atoms. The Labute approximate surface area is 120 Å². The second-order valence-electron chi connectivity index (χ2n) is 4.86. The van der Waals surface area contributed by atoms with Gasteiger partial charge in [-0.2, -0.15) is 0 Å². The fraction of sp³-hybridized carbons (Fsp3) is 0.714. The molecule has 0 saturated carbocycles. The molecular weight excluding hydrogens is 256 g/mol. The van der Waals surface area contributed by atoms with E-state index in [1.807, 2.05) is 12.4 Å². The number of thioether (sulfide) groups is 1. The zero-order valence-electron chi connectivity index (χ0n) is 11.9. The molecule has 2 rings (SSSR count). The van der Waals surface area contributed by atoms with Crippen LogP contribution in [0.25, 0.3) is 0 Å². The zero-order valence-corrected chi connectivity index (χ0v) is 12.7. The molecule has 2 heterocycles. The fourth-order valence-corrected chi connectivity index (χ4v) is 3.08. The summed E-state index contributed by atoms with van der Waals surface area (Å²) in [4.78, 5) is 11.3. The minimum atomic E-state index is 0.709. The SMILES string of the molecule is CCSc1ncc(CNCC2CCCN2CC)cn1. The molecule has 5 heteroatoms. The summed E-state index contributed by atoms with van der Waals surface area (Å²) >= 11 is 1.68. The molecule has 1 unspecified atom stereocenters. The molecule has 19 heavy (non-hydrogen) atoms. The van der Waals surface area contributed by atoms with E-state index in [0.717, 1.165) is 24.0 Å². The highest BCUT2D eigenvalue weighted by Gasteiger charge is 2.21. The summed E-state index contributed by atoms with van der Waals surface area (Å²) in [5.41, 5.74) is 1.17. The van der Waals surface area contributed by atoms with E-state index in [4.69, 9.17) is 0 Å². The van der Waals surface area contributed by atoms with Crippen LogP contribution in [0, 0.1) is 0 Å². The summed E-state index contributed by atoms with van der Waals surface area (Å²) in [6.07, 6.45) is 6.53. The van der Waals surface area contributed by atoms with Crippen molar-refractivity contribution in [1.29, 1.82) is 0 Å². The average Bonchev–Trinajstić information content (AvgIpc) is 2.88. The van der Waals surface area contributed by atoms with Crippen LogP contribution < -0.4 is 5.32 Å². The zero-order chi connectivity index (χ0) is 13.5. The number of likely N-dealkylation sites (N-methyl/N-ethyl adjacent to an activating group) is 1. The Morgan fingerprint density at radius 2 is 2.16 bits per heavy atom. The Morgan fingerprint density at radius 3 is 2.84 bits per heavy atom. The van der Waals surface area contributed by atoms with Gasteiger partial charge in [0.05, 0.1) is 0 Å². The van der Waals surface area contributed by atoms with E-state index in [1.54, 1.807) is 11.8 Å². The number of hydrogen-bond acceptors (Lipinski definition) is 5. The molecule has 0 aromatic carbocycles. The van der Waals surface area contributed by atoms with Crippen molar-refractivity contribution >= 4 is 11.8 Å². The monoisotopic (exact) mass is 280 g/mol. The average molecular weight is 280 g/mol. The highest BCUT2D eigenvalue weighted by Crippen LogP contribution is 2.15. The van der Waals surface area contributed by atoms with Gasteiger partial charge in [-0.3, -0.25) is 4.90 Å². The van der Waals surface area contributed by atoms with Gasteiger partial charge in [0.1, 0.15) is 0 Å². The van der Waals surface area contributed by atoms with Gasteiger partial charge < -0.3 is 5.32 Å². The van der Waals surface area contributed by atoms with Crippen LogP contribution in [0.4, 0.5) is 0 Å². The van der Waals surface area contributed by atoms with Gasteiger partial charge in [-0.1, -0.05) is 25.6 Å². The van der Waals surface area contributed by atoms with Crippen molar-refractivity contribution in [3.05, 3.63) is 18.0 Å². The third-order valence-electron chi connectivity index (χ3n) is 3.57. The molecule has 1 aliphatic rings. The quantitative estimate of drug-likeness (QED) is 0.612. The van der Waals surface area contributed by atoms with Crippen molar-refractivity contribution in [1.82, 2.24) is 20.2 Å². The van der Waals surface area contributed by atoms with Crippen molar-refractivity contribution in [2.24, 2.45) is 0 Å². The number of hydrogen-bond donors (Lipinski definition) is 1. The number of rotatable bonds is 7. The topological polar surface area (TPSA) is 41.1 Å². The van der Waals surface area contributed by atoms with E-state index in [1.165, 1.54) is 31.5 Å². The summed E-state index contributed by atoms with van der Waals surface area (Å²) in [6.45, 7) is 8.72. The molecular formula is C14H24N4S. The van der Waals surface area contributed by atoms with Gasteiger partial charge in [0, 0.05) is 37.1 Å². The van der Waals surface area contributed by atoms with Gasteiger partial charge in [-0.05, 0) is 31.7 Å². The summed E-state index contributed by atoms with van der Waals surface area (Å²) in [6, 6.07) is 0.709. The summed E-state index contributed by atoms with van der Waals surface area (Å²) < 4.78 is 0. The summed E-state index contributed by atoms with van der Waals surface area (Å²) in [7, 11) is 0. The molecule has 0 spiro atoms. The van der Waals surface area contributed by atoms with E-state index >= 15 is 0 Å². The molecule has 1 fully saturated rings. The Hall–Kier alpha value is -0.650. The van der Waals surface area contributed by atoms with Gasteiger partial charge >= 0.3 is 0 Å². The van der Waals surface area contributed by atoms with Gasteiger partial charge in [-0.25, -0.2) is 9.97 Å². The number of aromatic nitrogens is 2. The van der Waals surface area contributed by atoms with E-state index in [9.17, 15) is 0 Å². The van der Waals surface area contributed by atoms with E-state index in [0.29, 0.717) is 6.04 Å². The lowest BCUT2D eigenvalue weighted by Gasteiger charge is -2.22. The molecule has 1 aliphatic heterocycles. The maximum Gasteiger partial charge on any atom is 0.187 e. The first-order chi connectivity index (χ1) is 9.33. The molecule has 1 atom stereocenters. The summed E-state index contributed by atoms with van der Waals surface area (Å²) in [5.74, 6) is 1.02. The first-order valence-electron chi connectivity index (χ1n) is 7.22. The predicted molar refractivity (Wildman–Crippen MR) is 80.4 cm³/mol. The molecule has 0 amide bonds. The normalized spacial score (nSPS) is 20.0. The maximum absolute atomic E-state index is 4.35. The number of likely N-dealkylation sites (tertiary alicyclic amines) is 1. The second kappa shape index (κ2) is 7.82. The third kappa shape index (κ3) is 4.44. The Morgan fingerprint density at radius 1 is 1.37 bits per heavy atom. The molecule has 0 radical (unpaired) electrons. The van der Waals surface area contributed by atoms with Crippen molar-refractivity contribution in [3.8, 4) is 0 Å². The Kier molecular flexibility index (Phi) is 6.07. The molecule has 1 saturated heterocycles. The van der Waals surface area contributed by atoms with Crippen LogP contribution in [-0.2, 0) is 6.54 Å². The van der Waals surface area contributed by atoms with E-state index in [-0.39, 0.29) is 0 Å². The minimum Gasteiger partial charge on any atom is -0.311 e. The molecule has 1 aromatic heterocycles. The minimum absolute atomic E-state index is 0.709. The number of nitrogens with zero attached hydrogens (tertiary/aromatic N) is 3. The molecule has 0 aliphatic carbocycles. The van der Waals surface area contributed by atoms with Crippen molar-refractivity contribution < 1.29 is 0 Å². The maximum atomic E-state index is 4.35. The molecule has 1 N–H and O–H groups in total. The molecule has 106 valence electrons. The second-order valence-corrected chi connectivity index (χ2v) is 6.09. The van der Waals surface area contributed by atoms with Crippen molar-refractivity contribution in [3.63, 3.8) is 0 Å². The Bertz CT molecular complexity index is 368. The largest absolute Gasteiger partial charge is 0.311 e. The van der Waals surface area contributed by atoms with Crippen LogP contribution in [0.5, 0.6) is 0 Å². The van der Waals surface area contributed by atoms with Crippen molar-refractivity contribution in [2.75, 3.05) is 25.4 Å². The van der Waals surface area contributed by atoms with Crippen LogP contribution in [0.1, 0.15) is 32.3 Å². The van der Waals surface area contributed by atoms with E-state index < -0.39 is 0 Å². The highest BCUT2D eigenvalue weighted by molar-refractivity contribution is 7.99. The van der Waals surface area contributed by atoms with Crippen LogP contribution in [-0.4, -0.2) is 46.3 Å². The van der Waals surface area contributed by atoms with Gasteiger partial charge in [0.2, 0.25) is 0 Å². The first kappa shape index (κ1) is 14.8. The van der Waals surface area contributed by atoms with E-state index in [2.05, 4.69) is 34.0 Å². The van der Waals surface area contributed by atoms with Gasteiger partial charge in [0.25, 0.3) is 0 Å². The van der Waals surface area contributed by atoms with Crippen molar-refractivity contribution in [2.45, 2.75) is 44.4 Å². The summed E-state index contributed by atoms with van der Waals surface area (Å²) in [5, 5.41) is 4.41. The lowest BCUT2D eigenvalue weighted by atomic mass is 10.2. The number of nitrogens with one attached hydrogen (secondary N) is 1. The lowest BCUT2D eigenvalue weighted by molar-refractivity contribution is 0.260. The van der Waals surface area contributed by atoms with Crippen LogP contribution in [0.3, 0.4) is 0 Å².